The molecule has 0 saturated heterocycles. The number of fused-ring (bicyclic) bond motifs is 1. The number of aromatic nitrogens is 1. The van der Waals surface area contributed by atoms with Gasteiger partial charge in [0.05, 0.1) is 5.52 Å². The highest BCUT2D eigenvalue weighted by Gasteiger charge is 2.31. The highest BCUT2D eigenvalue weighted by molar-refractivity contribution is 5.91. The monoisotopic (exact) mass is 244 g/mol. The fraction of sp³-hybridized carbons (Fsp3) is 0.100. The van der Waals surface area contributed by atoms with Gasteiger partial charge >= 0.3 is 12.4 Å². The average molecular weight is 244 g/mol. The van der Waals surface area contributed by atoms with Crippen LogP contribution in [0.25, 0.3) is 10.9 Å². The van der Waals surface area contributed by atoms with Crippen LogP contribution in [0.4, 0.5) is 18.0 Å². The van der Waals surface area contributed by atoms with Crippen molar-refractivity contribution in [3.8, 4) is 5.75 Å². The van der Waals surface area contributed by atoms with Crippen LogP contribution in [-0.2, 0) is 0 Å². The van der Waals surface area contributed by atoms with Gasteiger partial charge in [-0.15, -0.1) is 13.2 Å². The second kappa shape index (κ2) is 3.69. The molecule has 2 aromatic rings. The van der Waals surface area contributed by atoms with E-state index in [-0.39, 0.29) is 5.52 Å². The van der Waals surface area contributed by atoms with Crippen molar-refractivity contribution in [3.05, 3.63) is 30.5 Å². The van der Waals surface area contributed by atoms with Crippen molar-refractivity contribution < 1.29 is 22.7 Å². The highest BCUT2D eigenvalue weighted by atomic mass is 19.4. The zero-order chi connectivity index (χ0) is 12.6. The van der Waals surface area contributed by atoms with E-state index in [1.807, 2.05) is 0 Å². The van der Waals surface area contributed by atoms with Gasteiger partial charge in [0.15, 0.2) is 0 Å². The number of nitrogens with two attached hydrogens (primary N) is 1. The molecule has 0 aliphatic heterocycles. The van der Waals surface area contributed by atoms with Crippen molar-refractivity contribution in [1.29, 1.82) is 0 Å². The smallest absolute Gasteiger partial charge is 0.406 e. The molecule has 1 heterocycles. The van der Waals surface area contributed by atoms with Crippen LogP contribution in [0, 0.1) is 0 Å². The maximum absolute atomic E-state index is 12.0. The molecule has 0 radical (unpaired) electrons. The SMILES string of the molecule is NC(=O)n1ccc2ccc(OC(F)(F)F)cc21. The molecule has 0 atom stereocenters. The number of carbonyl (C=O) groups excluding carboxylic acids is 1. The van der Waals surface area contributed by atoms with Crippen molar-refractivity contribution in [2.24, 2.45) is 5.73 Å². The van der Waals surface area contributed by atoms with Crippen molar-refractivity contribution in [3.63, 3.8) is 0 Å². The Morgan fingerprint density at radius 1 is 1.29 bits per heavy atom. The van der Waals surface area contributed by atoms with Gasteiger partial charge in [-0.25, -0.2) is 4.79 Å². The van der Waals surface area contributed by atoms with Crippen molar-refractivity contribution >= 4 is 16.9 Å². The van der Waals surface area contributed by atoms with E-state index in [9.17, 15) is 18.0 Å². The Bertz CT molecular complexity index is 574. The van der Waals surface area contributed by atoms with E-state index in [1.54, 1.807) is 6.07 Å². The summed E-state index contributed by atoms with van der Waals surface area (Å²) in [6, 6.07) is 4.48. The van der Waals surface area contributed by atoms with E-state index in [2.05, 4.69) is 4.74 Å². The molecule has 2 rings (SSSR count). The quantitative estimate of drug-likeness (QED) is 0.837. The maximum Gasteiger partial charge on any atom is 0.573 e. The molecule has 1 amide bonds. The minimum absolute atomic E-state index is 0.263. The molecule has 4 nitrogen and oxygen atoms in total. The first-order chi connectivity index (χ1) is 7.87. The molecule has 0 aliphatic rings. The number of hydrogen-bond acceptors (Lipinski definition) is 2. The summed E-state index contributed by atoms with van der Waals surface area (Å²) in [6.07, 6.45) is -3.39. The van der Waals surface area contributed by atoms with Crippen LogP contribution in [0.3, 0.4) is 0 Å². The fourth-order valence-corrected chi connectivity index (χ4v) is 1.50. The Hall–Kier alpha value is -2.18. The van der Waals surface area contributed by atoms with Gasteiger partial charge in [-0.3, -0.25) is 4.57 Å². The summed E-state index contributed by atoms with van der Waals surface area (Å²) in [5.41, 5.74) is 5.33. The topological polar surface area (TPSA) is 57.2 Å². The second-order valence-electron chi connectivity index (χ2n) is 3.29. The molecular weight excluding hydrogens is 237 g/mol. The lowest BCUT2D eigenvalue weighted by atomic mass is 10.2. The zero-order valence-electron chi connectivity index (χ0n) is 8.36. The summed E-state index contributed by atoms with van der Waals surface area (Å²) in [5, 5.41) is 0.596. The molecule has 2 N–H and O–H groups in total. The van der Waals surface area contributed by atoms with Gasteiger partial charge in [0, 0.05) is 17.6 Å². The summed E-state index contributed by atoms with van der Waals surface area (Å²) in [4.78, 5) is 11.0. The van der Waals surface area contributed by atoms with Gasteiger partial charge in [0.2, 0.25) is 0 Å². The van der Waals surface area contributed by atoms with Crippen LogP contribution in [0.5, 0.6) is 5.75 Å². The number of rotatable bonds is 1. The molecule has 0 fully saturated rings. The van der Waals surface area contributed by atoms with E-state index in [4.69, 9.17) is 5.73 Å². The van der Waals surface area contributed by atoms with Crippen molar-refractivity contribution in [2.75, 3.05) is 0 Å². The van der Waals surface area contributed by atoms with Gasteiger partial charge in [-0.05, 0) is 18.2 Å². The summed E-state index contributed by atoms with van der Waals surface area (Å²) >= 11 is 0. The van der Waals surface area contributed by atoms with E-state index < -0.39 is 18.1 Å². The Balaban J connectivity index is 2.48. The lowest BCUT2D eigenvalue weighted by molar-refractivity contribution is -0.274. The molecule has 7 heteroatoms. The number of carbonyl (C=O) groups is 1. The van der Waals surface area contributed by atoms with E-state index in [1.165, 1.54) is 18.3 Å². The molecule has 17 heavy (non-hydrogen) atoms. The van der Waals surface area contributed by atoms with Crippen LogP contribution in [0.1, 0.15) is 0 Å². The number of halogens is 3. The predicted octanol–water partition coefficient (Wildman–Crippen LogP) is 2.47. The van der Waals surface area contributed by atoms with E-state index in [0.717, 1.165) is 10.6 Å². The van der Waals surface area contributed by atoms with Crippen LogP contribution < -0.4 is 10.5 Å². The number of alkyl halides is 3. The molecule has 0 aliphatic carbocycles. The van der Waals surface area contributed by atoms with Crippen molar-refractivity contribution in [1.82, 2.24) is 4.57 Å². The van der Waals surface area contributed by atoms with Crippen LogP contribution in [0.2, 0.25) is 0 Å². The molecule has 0 saturated carbocycles. The van der Waals surface area contributed by atoms with Gasteiger partial charge < -0.3 is 10.5 Å². The first-order valence-electron chi connectivity index (χ1n) is 4.53. The number of primary amides is 1. The summed E-state index contributed by atoms with van der Waals surface area (Å²) in [5.74, 6) is -0.397. The third-order valence-corrected chi connectivity index (χ3v) is 2.14. The molecule has 1 aromatic heterocycles. The minimum Gasteiger partial charge on any atom is -0.406 e. The normalized spacial score (nSPS) is 11.7. The highest BCUT2D eigenvalue weighted by Crippen LogP contribution is 2.26. The molecule has 90 valence electrons. The van der Waals surface area contributed by atoms with E-state index >= 15 is 0 Å². The molecule has 0 spiro atoms. The number of ether oxygens (including phenoxy) is 1. The average Bonchev–Trinajstić information content (AvgIpc) is 2.57. The third kappa shape index (κ3) is 2.32. The van der Waals surface area contributed by atoms with E-state index in [0.29, 0.717) is 5.39 Å². The van der Waals surface area contributed by atoms with Gasteiger partial charge in [-0.1, -0.05) is 0 Å². The Kier molecular flexibility index (Phi) is 2.45. The van der Waals surface area contributed by atoms with Crippen LogP contribution >= 0.6 is 0 Å². The first kappa shape index (κ1) is 11.3. The van der Waals surface area contributed by atoms with Crippen LogP contribution in [0.15, 0.2) is 30.5 Å². The predicted molar refractivity (Wildman–Crippen MR) is 53.6 cm³/mol. The largest absolute Gasteiger partial charge is 0.573 e. The van der Waals surface area contributed by atoms with Gasteiger partial charge in [-0.2, -0.15) is 0 Å². The number of benzene rings is 1. The summed E-state index contributed by atoms with van der Waals surface area (Å²) < 4.78 is 40.8. The van der Waals surface area contributed by atoms with Gasteiger partial charge in [0.1, 0.15) is 5.75 Å². The Morgan fingerprint density at radius 2 is 2.00 bits per heavy atom. The number of hydrogen-bond donors (Lipinski definition) is 1. The Morgan fingerprint density at radius 3 is 2.59 bits per heavy atom. The lowest BCUT2D eigenvalue weighted by Gasteiger charge is -2.09. The number of amides is 1. The molecular formula is C10H7F3N2O2. The number of nitrogens with zero attached hydrogens (tertiary/aromatic N) is 1. The van der Waals surface area contributed by atoms with Crippen molar-refractivity contribution in [2.45, 2.75) is 6.36 Å². The lowest BCUT2D eigenvalue weighted by Crippen LogP contribution is -2.19. The molecule has 0 unspecified atom stereocenters. The zero-order valence-corrected chi connectivity index (χ0v) is 8.36. The maximum atomic E-state index is 12.0. The molecule has 0 bridgehead atoms. The summed E-state index contributed by atoms with van der Waals surface area (Å²) in [6.45, 7) is 0. The first-order valence-corrected chi connectivity index (χ1v) is 4.53. The molecule has 1 aromatic carbocycles. The Labute approximate surface area is 93.4 Å². The van der Waals surface area contributed by atoms with Gasteiger partial charge in [0.25, 0.3) is 0 Å². The minimum atomic E-state index is -4.77. The summed E-state index contributed by atoms with van der Waals surface area (Å²) in [7, 11) is 0. The fourth-order valence-electron chi connectivity index (χ4n) is 1.50. The standard InChI is InChI=1S/C10H7F3N2O2/c11-10(12,13)17-7-2-1-6-3-4-15(9(14)16)8(6)5-7/h1-5H,(H2,14,16). The third-order valence-electron chi connectivity index (χ3n) is 2.14. The van der Waals surface area contributed by atoms with Crippen LogP contribution in [-0.4, -0.2) is 17.0 Å². The second-order valence-corrected chi connectivity index (χ2v) is 3.29.